The monoisotopic (exact) mass is 293 g/mol. The Bertz CT molecular complexity index is 776. The molecule has 0 aliphatic carbocycles. The Kier molecular flexibility index (Phi) is 3.79. The number of hydrogen-bond acceptors (Lipinski definition) is 3. The summed E-state index contributed by atoms with van der Waals surface area (Å²) >= 11 is 4.95. The predicted molar refractivity (Wildman–Crippen MR) is 91.4 cm³/mol. The Labute approximate surface area is 128 Å². The van der Waals surface area contributed by atoms with E-state index < -0.39 is 0 Å². The second-order valence-electron chi connectivity index (χ2n) is 4.79. The summed E-state index contributed by atoms with van der Waals surface area (Å²) in [6, 6.07) is 18.0. The molecule has 0 saturated heterocycles. The number of anilines is 1. The molecule has 1 heterocycles. The lowest BCUT2D eigenvalue weighted by Gasteiger charge is -2.09. The number of rotatable bonds is 4. The molecule has 0 fully saturated rings. The lowest BCUT2D eigenvalue weighted by Crippen LogP contribution is -2.09. The van der Waals surface area contributed by atoms with Gasteiger partial charge in [-0.3, -0.25) is 4.98 Å². The molecule has 2 aromatic carbocycles. The molecule has 0 aliphatic rings. The Morgan fingerprint density at radius 2 is 1.81 bits per heavy atom. The average molecular weight is 293 g/mol. The van der Waals surface area contributed by atoms with Crippen molar-refractivity contribution in [2.45, 2.75) is 6.54 Å². The molecule has 21 heavy (non-hydrogen) atoms. The van der Waals surface area contributed by atoms with Crippen molar-refractivity contribution in [3.63, 3.8) is 0 Å². The minimum Gasteiger partial charge on any atom is -0.389 e. The first-order valence-corrected chi connectivity index (χ1v) is 7.11. The number of hydrogen-bond donors (Lipinski definition) is 2. The zero-order valence-electron chi connectivity index (χ0n) is 11.4. The average Bonchev–Trinajstić information content (AvgIpc) is 2.53. The van der Waals surface area contributed by atoms with Gasteiger partial charge in [0.15, 0.2) is 0 Å². The number of para-hydroxylation sites is 1. The molecule has 3 nitrogen and oxygen atoms in total. The maximum absolute atomic E-state index is 5.59. The van der Waals surface area contributed by atoms with Crippen molar-refractivity contribution in [3.05, 3.63) is 71.9 Å². The molecule has 0 atom stereocenters. The second-order valence-corrected chi connectivity index (χ2v) is 5.23. The molecule has 3 rings (SSSR count). The number of nitrogens with two attached hydrogens (primary N) is 1. The molecule has 0 unspecified atom stereocenters. The molecule has 0 saturated carbocycles. The summed E-state index contributed by atoms with van der Waals surface area (Å²) in [5.74, 6) is 0. The third-order valence-corrected chi connectivity index (χ3v) is 3.60. The first kappa shape index (κ1) is 13.5. The van der Waals surface area contributed by atoms with Gasteiger partial charge in [-0.15, -0.1) is 0 Å². The van der Waals surface area contributed by atoms with Gasteiger partial charge < -0.3 is 11.1 Å². The molecule has 0 spiro atoms. The first-order valence-electron chi connectivity index (χ1n) is 6.70. The zero-order chi connectivity index (χ0) is 14.7. The number of nitrogens with one attached hydrogen (secondary N) is 1. The Morgan fingerprint density at radius 3 is 2.57 bits per heavy atom. The van der Waals surface area contributed by atoms with Gasteiger partial charge in [0.25, 0.3) is 0 Å². The van der Waals surface area contributed by atoms with E-state index in [-0.39, 0.29) is 0 Å². The normalized spacial score (nSPS) is 10.5. The van der Waals surface area contributed by atoms with E-state index in [2.05, 4.69) is 34.6 Å². The van der Waals surface area contributed by atoms with E-state index in [0.29, 0.717) is 4.99 Å². The number of pyridine rings is 1. The molecule has 3 N–H and O–H groups in total. The van der Waals surface area contributed by atoms with Crippen LogP contribution < -0.4 is 11.1 Å². The fraction of sp³-hybridized carbons (Fsp3) is 0.0588. The van der Waals surface area contributed by atoms with Crippen LogP contribution in [0.25, 0.3) is 10.9 Å². The van der Waals surface area contributed by atoms with E-state index in [9.17, 15) is 0 Å². The smallest absolute Gasteiger partial charge is 0.103 e. The highest BCUT2D eigenvalue weighted by molar-refractivity contribution is 7.80. The van der Waals surface area contributed by atoms with Crippen LogP contribution in [0.15, 0.2) is 60.8 Å². The van der Waals surface area contributed by atoms with Crippen LogP contribution in [0, 0.1) is 0 Å². The fourth-order valence-corrected chi connectivity index (χ4v) is 2.40. The van der Waals surface area contributed by atoms with Crippen LogP contribution in [-0.2, 0) is 6.54 Å². The van der Waals surface area contributed by atoms with E-state index in [4.69, 9.17) is 18.0 Å². The molecule has 0 radical (unpaired) electrons. The van der Waals surface area contributed by atoms with Gasteiger partial charge in [-0.05, 0) is 35.9 Å². The van der Waals surface area contributed by atoms with Gasteiger partial charge in [0, 0.05) is 29.4 Å². The number of fused-ring (bicyclic) bond motifs is 1. The largest absolute Gasteiger partial charge is 0.389 e. The number of aromatic nitrogens is 1. The molecule has 0 amide bonds. The molecule has 0 aliphatic heterocycles. The summed E-state index contributed by atoms with van der Waals surface area (Å²) in [4.78, 5) is 4.87. The summed E-state index contributed by atoms with van der Waals surface area (Å²) in [6.45, 7) is 0.723. The second kappa shape index (κ2) is 5.89. The maximum Gasteiger partial charge on any atom is 0.103 e. The van der Waals surface area contributed by atoms with Crippen LogP contribution in [0.1, 0.15) is 11.1 Å². The molecular formula is C17H15N3S. The third-order valence-electron chi connectivity index (χ3n) is 3.37. The van der Waals surface area contributed by atoms with Gasteiger partial charge >= 0.3 is 0 Å². The van der Waals surface area contributed by atoms with Crippen molar-refractivity contribution in [1.29, 1.82) is 0 Å². The molecule has 3 aromatic rings. The Hall–Kier alpha value is -2.46. The SMILES string of the molecule is NC(=S)c1ccc(NCc2cccc3cccnc23)cc1. The third kappa shape index (κ3) is 3.01. The van der Waals surface area contributed by atoms with Crippen LogP contribution in [0.3, 0.4) is 0 Å². The van der Waals surface area contributed by atoms with Gasteiger partial charge in [0.2, 0.25) is 0 Å². The van der Waals surface area contributed by atoms with Crippen LogP contribution in [0.4, 0.5) is 5.69 Å². The minimum absolute atomic E-state index is 0.416. The molecule has 1 aromatic heterocycles. The molecule has 104 valence electrons. The topological polar surface area (TPSA) is 50.9 Å². The summed E-state index contributed by atoms with van der Waals surface area (Å²) in [7, 11) is 0. The van der Waals surface area contributed by atoms with Crippen molar-refractivity contribution in [3.8, 4) is 0 Å². The fourth-order valence-electron chi connectivity index (χ4n) is 2.26. The van der Waals surface area contributed by atoms with E-state index in [1.165, 1.54) is 5.56 Å². The van der Waals surface area contributed by atoms with E-state index in [0.717, 1.165) is 28.7 Å². The number of nitrogens with zero attached hydrogens (tertiary/aromatic N) is 1. The number of thiocarbonyl (C=S) groups is 1. The highest BCUT2D eigenvalue weighted by Gasteiger charge is 2.02. The first-order chi connectivity index (χ1) is 10.2. The minimum atomic E-state index is 0.416. The van der Waals surface area contributed by atoms with E-state index in [1.807, 2.05) is 36.5 Å². The number of benzene rings is 2. The van der Waals surface area contributed by atoms with Gasteiger partial charge in [-0.25, -0.2) is 0 Å². The van der Waals surface area contributed by atoms with Crippen LogP contribution in [0.2, 0.25) is 0 Å². The van der Waals surface area contributed by atoms with Gasteiger partial charge in [0.05, 0.1) is 5.52 Å². The predicted octanol–water partition coefficient (Wildman–Crippen LogP) is 3.48. The molecule has 0 bridgehead atoms. The molecular weight excluding hydrogens is 278 g/mol. The summed E-state index contributed by atoms with van der Waals surface area (Å²) < 4.78 is 0. The Balaban J connectivity index is 1.79. The van der Waals surface area contributed by atoms with Crippen molar-refractivity contribution in [2.24, 2.45) is 5.73 Å². The summed E-state index contributed by atoms with van der Waals surface area (Å²) in [5.41, 5.74) is 9.71. The van der Waals surface area contributed by atoms with Crippen molar-refractivity contribution in [2.75, 3.05) is 5.32 Å². The van der Waals surface area contributed by atoms with Crippen LogP contribution >= 0.6 is 12.2 Å². The zero-order valence-corrected chi connectivity index (χ0v) is 12.2. The highest BCUT2D eigenvalue weighted by atomic mass is 32.1. The Morgan fingerprint density at radius 1 is 1.05 bits per heavy atom. The van der Waals surface area contributed by atoms with Crippen LogP contribution in [0.5, 0.6) is 0 Å². The summed E-state index contributed by atoms with van der Waals surface area (Å²) in [6.07, 6.45) is 1.82. The highest BCUT2D eigenvalue weighted by Crippen LogP contribution is 2.18. The van der Waals surface area contributed by atoms with Crippen LogP contribution in [-0.4, -0.2) is 9.97 Å². The van der Waals surface area contributed by atoms with Crippen molar-refractivity contribution >= 4 is 33.8 Å². The standard InChI is InChI=1S/C17H15N3S/c18-17(21)13-6-8-15(9-7-13)20-11-14-4-1-3-12-5-2-10-19-16(12)14/h1-10,20H,11H2,(H2,18,21). The van der Waals surface area contributed by atoms with Crippen molar-refractivity contribution < 1.29 is 0 Å². The van der Waals surface area contributed by atoms with Gasteiger partial charge in [0.1, 0.15) is 4.99 Å². The lowest BCUT2D eigenvalue weighted by atomic mass is 10.1. The quantitative estimate of drug-likeness (QED) is 0.723. The maximum atomic E-state index is 5.59. The van der Waals surface area contributed by atoms with Crippen molar-refractivity contribution in [1.82, 2.24) is 4.98 Å². The van der Waals surface area contributed by atoms with E-state index in [1.54, 1.807) is 0 Å². The van der Waals surface area contributed by atoms with Gasteiger partial charge in [-0.1, -0.05) is 36.5 Å². The summed E-state index contributed by atoms with van der Waals surface area (Å²) in [5, 5.41) is 4.55. The lowest BCUT2D eigenvalue weighted by molar-refractivity contribution is 1.15. The van der Waals surface area contributed by atoms with Gasteiger partial charge in [-0.2, -0.15) is 0 Å². The van der Waals surface area contributed by atoms with E-state index >= 15 is 0 Å². The molecule has 4 heteroatoms.